The van der Waals surface area contributed by atoms with Gasteiger partial charge in [0.2, 0.25) is 0 Å². The molecule has 1 unspecified atom stereocenters. The Labute approximate surface area is 149 Å². The summed E-state index contributed by atoms with van der Waals surface area (Å²) in [5.74, 6) is 0.0808. The normalized spacial score (nSPS) is 25.1. The topological polar surface area (TPSA) is 116 Å². The number of aliphatic carboxylic acids is 1. The number of nitrogens with one attached hydrogen (secondary N) is 1. The van der Waals surface area contributed by atoms with Gasteiger partial charge >= 0.3 is 5.97 Å². The molecular formula is C15H31ClN2O4S. The lowest BCUT2D eigenvalue weighted by Crippen LogP contribution is -2.36. The number of aliphatic hydroxyl groups is 2. The van der Waals surface area contributed by atoms with E-state index in [9.17, 15) is 15.0 Å². The number of carboxylic acids is 1. The summed E-state index contributed by atoms with van der Waals surface area (Å²) in [5.41, 5.74) is 5.77. The number of carboxylic acid groups (broad SMARTS) is 1. The molecule has 1 aliphatic rings. The van der Waals surface area contributed by atoms with E-state index in [1.807, 2.05) is 0 Å². The van der Waals surface area contributed by atoms with Crippen LogP contribution in [0.2, 0.25) is 0 Å². The second-order valence-corrected chi connectivity index (χ2v) is 7.26. The number of carbonyl (C=O) groups is 1. The van der Waals surface area contributed by atoms with E-state index in [2.05, 4.69) is 5.32 Å². The monoisotopic (exact) mass is 370 g/mol. The number of halogens is 1. The zero-order chi connectivity index (χ0) is 16.4. The second-order valence-electron chi connectivity index (χ2n) is 5.99. The summed E-state index contributed by atoms with van der Waals surface area (Å²) in [4.78, 5) is 10.3. The molecule has 8 heteroatoms. The van der Waals surface area contributed by atoms with Crippen LogP contribution in [0.4, 0.5) is 0 Å². The van der Waals surface area contributed by atoms with Crippen molar-refractivity contribution in [1.29, 1.82) is 0 Å². The molecule has 0 aliphatic carbocycles. The van der Waals surface area contributed by atoms with Crippen molar-refractivity contribution in [3.05, 3.63) is 0 Å². The average molecular weight is 371 g/mol. The lowest BCUT2D eigenvalue weighted by Gasteiger charge is -2.16. The first kappa shape index (κ1) is 22.9. The van der Waals surface area contributed by atoms with E-state index in [1.165, 1.54) is 0 Å². The molecular weight excluding hydrogens is 340 g/mol. The van der Waals surface area contributed by atoms with Crippen LogP contribution in [-0.2, 0) is 4.79 Å². The van der Waals surface area contributed by atoms with Crippen LogP contribution < -0.4 is 11.1 Å². The summed E-state index contributed by atoms with van der Waals surface area (Å²) in [7, 11) is 0. The quantitative estimate of drug-likeness (QED) is 0.260. The number of unbranched alkanes of at least 4 members (excludes halogenated alkanes) is 3. The number of hydrogen-bond donors (Lipinski definition) is 5. The zero-order valence-electron chi connectivity index (χ0n) is 13.5. The summed E-state index contributed by atoms with van der Waals surface area (Å²) in [6.45, 7) is 0.715. The molecule has 0 amide bonds. The molecule has 1 fully saturated rings. The number of rotatable bonds is 12. The van der Waals surface area contributed by atoms with Gasteiger partial charge in [-0.15, -0.1) is 12.4 Å². The van der Waals surface area contributed by atoms with Gasteiger partial charge in [0.25, 0.3) is 0 Å². The predicted molar refractivity (Wildman–Crippen MR) is 96.1 cm³/mol. The molecule has 0 aromatic heterocycles. The SMILES string of the molecule is Cl.N[C@H]1CS[C@@H](CCCCC(O)NCCCCCC(=O)O)[C@H]1O. The van der Waals surface area contributed by atoms with Gasteiger partial charge in [0.05, 0.1) is 6.10 Å². The Hall–Kier alpha value is -0.0500. The molecule has 0 aromatic carbocycles. The van der Waals surface area contributed by atoms with Crippen LogP contribution >= 0.6 is 24.2 Å². The third kappa shape index (κ3) is 10.4. The number of thioether (sulfide) groups is 1. The third-order valence-corrected chi connectivity index (χ3v) is 5.51. The molecule has 0 saturated carbocycles. The maximum absolute atomic E-state index is 10.3. The summed E-state index contributed by atoms with van der Waals surface area (Å²) in [6.07, 6.45) is 5.33. The van der Waals surface area contributed by atoms with E-state index in [0.29, 0.717) is 19.4 Å². The van der Waals surface area contributed by atoms with Gasteiger partial charge in [-0.3, -0.25) is 10.1 Å². The molecule has 0 radical (unpaired) electrons. The van der Waals surface area contributed by atoms with Crippen molar-refractivity contribution in [2.45, 2.75) is 75.0 Å². The molecule has 0 bridgehead atoms. The van der Waals surface area contributed by atoms with Gasteiger partial charge in [0.15, 0.2) is 0 Å². The van der Waals surface area contributed by atoms with Gasteiger partial charge in [0.1, 0.15) is 6.23 Å². The van der Waals surface area contributed by atoms with Crippen molar-refractivity contribution in [1.82, 2.24) is 5.32 Å². The van der Waals surface area contributed by atoms with Gasteiger partial charge in [-0.25, -0.2) is 0 Å². The highest BCUT2D eigenvalue weighted by Gasteiger charge is 2.32. The van der Waals surface area contributed by atoms with Gasteiger partial charge in [-0.2, -0.15) is 11.8 Å². The Morgan fingerprint density at radius 2 is 2.00 bits per heavy atom. The van der Waals surface area contributed by atoms with Crippen molar-refractivity contribution < 1.29 is 20.1 Å². The second kappa shape index (κ2) is 13.3. The fourth-order valence-corrected chi connectivity index (χ4v) is 3.99. The van der Waals surface area contributed by atoms with Crippen LogP contribution in [-0.4, -0.2) is 57.2 Å². The molecule has 1 saturated heterocycles. The molecule has 4 atom stereocenters. The fraction of sp³-hybridized carbons (Fsp3) is 0.933. The van der Waals surface area contributed by atoms with Crippen LogP contribution in [0.1, 0.15) is 51.4 Å². The molecule has 1 rings (SSSR count). The van der Waals surface area contributed by atoms with Crippen LogP contribution in [0.3, 0.4) is 0 Å². The van der Waals surface area contributed by atoms with Crippen molar-refractivity contribution in [2.24, 2.45) is 5.73 Å². The predicted octanol–water partition coefficient (Wildman–Crippen LogP) is 1.33. The molecule has 0 spiro atoms. The van der Waals surface area contributed by atoms with E-state index in [1.54, 1.807) is 11.8 Å². The lowest BCUT2D eigenvalue weighted by molar-refractivity contribution is -0.137. The van der Waals surface area contributed by atoms with E-state index in [0.717, 1.165) is 37.9 Å². The summed E-state index contributed by atoms with van der Waals surface area (Å²) in [5, 5.41) is 31.4. The minimum absolute atomic E-state index is 0. The Kier molecular flexibility index (Phi) is 13.2. The fourth-order valence-electron chi connectivity index (χ4n) is 2.59. The first-order valence-corrected chi connectivity index (χ1v) is 9.24. The zero-order valence-corrected chi connectivity index (χ0v) is 15.2. The molecule has 0 aromatic rings. The number of hydrogen-bond acceptors (Lipinski definition) is 6. The molecule has 23 heavy (non-hydrogen) atoms. The Balaban J connectivity index is 0.00000484. The van der Waals surface area contributed by atoms with Crippen molar-refractivity contribution in [3.8, 4) is 0 Å². The maximum Gasteiger partial charge on any atom is 0.303 e. The third-order valence-electron chi connectivity index (χ3n) is 3.99. The minimum atomic E-state index is -0.750. The minimum Gasteiger partial charge on any atom is -0.481 e. The van der Waals surface area contributed by atoms with Gasteiger partial charge in [0, 0.05) is 23.5 Å². The van der Waals surface area contributed by atoms with Crippen LogP contribution in [0.5, 0.6) is 0 Å². The van der Waals surface area contributed by atoms with Crippen molar-refractivity contribution in [2.75, 3.05) is 12.3 Å². The first-order valence-electron chi connectivity index (χ1n) is 8.19. The number of aliphatic hydroxyl groups excluding tert-OH is 2. The van der Waals surface area contributed by atoms with Crippen molar-refractivity contribution in [3.63, 3.8) is 0 Å². The highest BCUT2D eigenvalue weighted by atomic mass is 35.5. The standard InChI is InChI=1S/C15H30N2O4S.ClH/c16-11-10-22-12(15(11)21)6-3-4-7-13(18)17-9-5-1-2-8-14(19)20;/h11-13,15,17-18,21H,1-10,16H2,(H,19,20);1H/t11-,12-,13?,15-;/m0./s1. The number of nitrogens with two attached hydrogens (primary N) is 1. The van der Waals surface area contributed by atoms with Crippen LogP contribution in [0, 0.1) is 0 Å². The average Bonchev–Trinajstić information content (AvgIpc) is 2.78. The van der Waals surface area contributed by atoms with Crippen molar-refractivity contribution >= 4 is 30.1 Å². The Morgan fingerprint density at radius 1 is 1.26 bits per heavy atom. The van der Waals surface area contributed by atoms with Gasteiger partial charge in [-0.05, 0) is 38.6 Å². The smallest absolute Gasteiger partial charge is 0.303 e. The van der Waals surface area contributed by atoms with E-state index in [4.69, 9.17) is 10.8 Å². The Morgan fingerprint density at radius 3 is 2.61 bits per heavy atom. The maximum atomic E-state index is 10.3. The highest BCUT2D eigenvalue weighted by Crippen LogP contribution is 2.30. The van der Waals surface area contributed by atoms with E-state index in [-0.39, 0.29) is 36.2 Å². The van der Waals surface area contributed by atoms with Crippen LogP contribution in [0.25, 0.3) is 0 Å². The first-order chi connectivity index (χ1) is 10.5. The van der Waals surface area contributed by atoms with Crippen LogP contribution in [0.15, 0.2) is 0 Å². The van der Waals surface area contributed by atoms with E-state index < -0.39 is 12.2 Å². The summed E-state index contributed by atoms with van der Waals surface area (Å²) < 4.78 is 0. The largest absolute Gasteiger partial charge is 0.481 e. The molecule has 6 N–H and O–H groups in total. The van der Waals surface area contributed by atoms with E-state index >= 15 is 0 Å². The highest BCUT2D eigenvalue weighted by molar-refractivity contribution is 8.00. The summed E-state index contributed by atoms with van der Waals surface area (Å²) in [6, 6.07) is -0.0941. The molecule has 6 nitrogen and oxygen atoms in total. The summed E-state index contributed by atoms with van der Waals surface area (Å²) >= 11 is 1.75. The molecule has 1 aliphatic heterocycles. The Bertz CT molecular complexity index is 326. The van der Waals surface area contributed by atoms with Gasteiger partial charge < -0.3 is 21.1 Å². The molecule has 138 valence electrons. The van der Waals surface area contributed by atoms with Gasteiger partial charge in [-0.1, -0.05) is 12.8 Å². The lowest BCUT2D eigenvalue weighted by atomic mass is 10.0. The molecule has 1 heterocycles.